The third-order valence-electron chi connectivity index (χ3n) is 2.90. The van der Waals surface area contributed by atoms with Crippen LogP contribution in [-0.4, -0.2) is 10.1 Å². The van der Waals surface area contributed by atoms with Crippen LogP contribution in [0, 0.1) is 0 Å². The zero-order valence-corrected chi connectivity index (χ0v) is 9.79. The maximum Gasteiger partial charge on any atom is 0.194 e. The Labute approximate surface area is 99.1 Å². The molecule has 2 rings (SSSR count). The van der Waals surface area contributed by atoms with Crippen LogP contribution in [0.25, 0.3) is 10.9 Å². The van der Waals surface area contributed by atoms with Gasteiger partial charge in [0.15, 0.2) is 5.43 Å². The third-order valence-corrected chi connectivity index (χ3v) is 2.90. The Morgan fingerprint density at radius 1 is 1.41 bits per heavy atom. The number of aromatic nitrogens is 1. The highest BCUT2D eigenvalue weighted by atomic mass is 16.3. The lowest BCUT2D eigenvalue weighted by atomic mass is 10.1. The van der Waals surface area contributed by atoms with E-state index < -0.39 is 0 Å². The van der Waals surface area contributed by atoms with Gasteiger partial charge < -0.3 is 15.8 Å². The molecule has 2 aromatic rings. The molecule has 0 saturated heterocycles. The van der Waals surface area contributed by atoms with Crippen molar-refractivity contribution >= 4 is 16.7 Å². The van der Waals surface area contributed by atoms with Crippen molar-refractivity contribution in [1.82, 2.24) is 4.98 Å². The number of aromatic amines is 1. The van der Waals surface area contributed by atoms with Gasteiger partial charge in [-0.3, -0.25) is 4.79 Å². The summed E-state index contributed by atoms with van der Waals surface area (Å²) >= 11 is 0. The molecule has 0 aliphatic rings. The van der Waals surface area contributed by atoms with E-state index in [-0.39, 0.29) is 11.2 Å². The van der Waals surface area contributed by atoms with E-state index in [0.29, 0.717) is 28.7 Å². The number of anilines is 1. The Kier molecular flexibility index (Phi) is 3.04. The number of phenols is 1. The summed E-state index contributed by atoms with van der Waals surface area (Å²) in [4.78, 5) is 15.2. The van der Waals surface area contributed by atoms with Crippen molar-refractivity contribution in [3.63, 3.8) is 0 Å². The molecule has 0 saturated carbocycles. The standard InChI is InChI=1S/C13H16N2O2/c1-2-3-4-9-12(17)10-7-8(16)5-6-11(10)15-13(9)14/h5-7,16H,2-4H2,1H3,(H3,14,15,17). The van der Waals surface area contributed by atoms with E-state index in [2.05, 4.69) is 11.9 Å². The molecule has 1 aromatic heterocycles. The van der Waals surface area contributed by atoms with Gasteiger partial charge >= 0.3 is 0 Å². The van der Waals surface area contributed by atoms with E-state index in [0.717, 1.165) is 12.8 Å². The van der Waals surface area contributed by atoms with Crippen molar-refractivity contribution in [3.05, 3.63) is 34.0 Å². The minimum absolute atomic E-state index is 0.0828. The normalized spacial score (nSPS) is 10.9. The summed E-state index contributed by atoms with van der Waals surface area (Å²) in [6, 6.07) is 4.67. The molecule has 4 heteroatoms. The largest absolute Gasteiger partial charge is 0.508 e. The molecule has 0 atom stereocenters. The monoisotopic (exact) mass is 232 g/mol. The van der Waals surface area contributed by atoms with Crippen molar-refractivity contribution < 1.29 is 5.11 Å². The summed E-state index contributed by atoms with van der Waals surface area (Å²) in [5.41, 5.74) is 7.04. The van der Waals surface area contributed by atoms with Gasteiger partial charge in [-0.25, -0.2) is 0 Å². The number of H-pyrrole nitrogens is 1. The number of hydrogen-bond acceptors (Lipinski definition) is 3. The number of phenolic OH excluding ortho intramolecular Hbond substituents is 1. The lowest BCUT2D eigenvalue weighted by Gasteiger charge is -2.07. The Morgan fingerprint density at radius 3 is 2.88 bits per heavy atom. The fourth-order valence-corrected chi connectivity index (χ4v) is 1.94. The fourth-order valence-electron chi connectivity index (χ4n) is 1.94. The third kappa shape index (κ3) is 2.11. The van der Waals surface area contributed by atoms with Gasteiger partial charge in [0, 0.05) is 10.9 Å². The highest BCUT2D eigenvalue weighted by Gasteiger charge is 2.09. The van der Waals surface area contributed by atoms with Crippen molar-refractivity contribution in [1.29, 1.82) is 0 Å². The van der Waals surface area contributed by atoms with Gasteiger partial charge in [0.1, 0.15) is 11.6 Å². The number of nitrogens with one attached hydrogen (secondary N) is 1. The number of benzene rings is 1. The maximum atomic E-state index is 12.2. The number of nitrogen functional groups attached to an aromatic ring is 1. The molecule has 1 heterocycles. The molecule has 0 unspecified atom stereocenters. The second kappa shape index (κ2) is 4.49. The van der Waals surface area contributed by atoms with E-state index in [4.69, 9.17) is 5.73 Å². The van der Waals surface area contributed by atoms with Crippen LogP contribution >= 0.6 is 0 Å². The number of pyridine rings is 1. The van der Waals surface area contributed by atoms with E-state index >= 15 is 0 Å². The summed E-state index contributed by atoms with van der Waals surface area (Å²) < 4.78 is 0. The molecule has 4 N–H and O–H groups in total. The number of fused-ring (bicyclic) bond motifs is 1. The predicted molar refractivity (Wildman–Crippen MR) is 69.3 cm³/mol. The van der Waals surface area contributed by atoms with E-state index in [1.54, 1.807) is 6.07 Å². The average Bonchev–Trinajstić information content (AvgIpc) is 2.30. The number of unbranched alkanes of at least 4 members (excludes halogenated alkanes) is 1. The molecule has 17 heavy (non-hydrogen) atoms. The number of nitrogens with two attached hydrogens (primary N) is 1. The maximum absolute atomic E-state index is 12.2. The molecular formula is C13H16N2O2. The average molecular weight is 232 g/mol. The zero-order valence-electron chi connectivity index (χ0n) is 9.79. The van der Waals surface area contributed by atoms with Gasteiger partial charge in [-0.15, -0.1) is 0 Å². The second-order valence-electron chi connectivity index (χ2n) is 4.18. The molecule has 0 fully saturated rings. The molecule has 0 aliphatic heterocycles. The molecule has 1 aromatic carbocycles. The minimum atomic E-state index is -0.0828. The van der Waals surface area contributed by atoms with Crippen molar-refractivity contribution in [2.75, 3.05) is 5.73 Å². The van der Waals surface area contributed by atoms with Crippen LogP contribution in [-0.2, 0) is 6.42 Å². The first-order valence-corrected chi connectivity index (χ1v) is 5.77. The summed E-state index contributed by atoms with van der Waals surface area (Å²) in [7, 11) is 0. The molecule has 4 nitrogen and oxygen atoms in total. The zero-order chi connectivity index (χ0) is 12.4. The van der Waals surface area contributed by atoms with Gasteiger partial charge in [0.05, 0.1) is 5.52 Å². The lowest BCUT2D eigenvalue weighted by Crippen LogP contribution is -2.14. The van der Waals surface area contributed by atoms with Crippen molar-refractivity contribution in [2.24, 2.45) is 0 Å². The molecule has 0 amide bonds. The van der Waals surface area contributed by atoms with Crippen LogP contribution in [0.1, 0.15) is 25.3 Å². The molecule has 0 spiro atoms. The lowest BCUT2D eigenvalue weighted by molar-refractivity contribution is 0.476. The van der Waals surface area contributed by atoms with Crippen LogP contribution in [0.4, 0.5) is 5.82 Å². The molecule has 0 bridgehead atoms. The van der Waals surface area contributed by atoms with E-state index in [1.165, 1.54) is 12.1 Å². The highest BCUT2D eigenvalue weighted by molar-refractivity contribution is 5.82. The summed E-state index contributed by atoms with van der Waals surface area (Å²) in [5.74, 6) is 0.524. The smallest absolute Gasteiger partial charge is 0.194 e. The predicted octanol–water partition coefficient (Wildman–Crippen LogP) is 2.16. The Balaban J connectivity index is 2.65. The number of hydrogen-bond donors (Lipinski definition) is 3. The fraction of sp³-hybridized carbons (Fsp3) is 0.308. The van der Waals surface area contributed by atoms with Crippen LogP contribution in [0.15, 0.2) is 23.0 Å². The van der Waals surface area contributed by atoms with Gasteiger partial charge in [-0.2, -0.15) is 0 Å². The first-order valence-electron chi connectivity index (χ1n) is 5.77. The SMILES string of the molecule is CCCCc1c(N)[nH]c2ccc(O)cc2c1=O. The minimum Gasteiger partial charge on any atom is -0.508 e. The Morgan fingerprint density at radius 2 is 2.18 bits per heavy atom. The van der Waals surface area contributed by atoms with Gasteiger partial charge in [0.25, 0.3) is 0 Å². The van der Waals surface area contributed by atoms with Crippen LogP contribution in [0.2, 0.25) is 0 Å². The first kappa shape index (κ1) is 11.5. The number of rotatable bonds is 3. The number of aromatic hydroxyl groups is 1. The van der Waals surface area contributed by atoms with Gasteiger partial charge in [0.2, 0.25) is 0 Å². The Bertz CT molecular complexity index is 602. The topological polar surface area (TPSA) is 79.1 Å². The van der Waals surface area contributed by atoms with Gasteiger partial charge in [-0.1, -0.05) is 13.3 Å². The summed E-state index contributed by atoms with van der Waals surface area (Å²) in [6.07, 6.45) is 2.61. The van der Waals surface area contributed by atoms with Crippen molar-refractivity contribution in [2.45, 2.75) is 26.2 Å². The quantitative estimate of drug-likeness (QED) is 0.758. The molecular weight excluding hydrogens is 216 g/mol. The summed E-state index contributed by atoms with van der Waals surface area (Å²) in [5, 5.41) is 9.90. The van der Waals surface area contributed by atoms with E-state index in [9.17, 15) is 9.90 Å². The van der Waals surface area contributed by atoms with E-state index in [1.807, 2.05) is 0 Å². The molecule has 0 aliphatic carbocycles. The van der Waals surface area contributed by atoms with Crippen LogP contribution in [0.3, 0.4) is 0 Å². The Hall–Kier alpha value is -1.97. The summed E-state index contributed by atoms with van der Waals surface area (Å²) in [6.45, 7) is 2.07. The molecule has 0 radical (unpaired) electrons. The van der Waals surface area contributed by atoms with Crippen LogP contribution < -0.4 is 11.2 Å². The van der Waals surface area contributed by atoms with Gasteiger partial charge in [-0.05, 0) is 31.0 Å². The van der Waals surface area contributed by atoms with Crippen LogP contribution in [0.5, 0.6) is 5.75 Å². The first-order chi connectivity index (χ1) is 8.13. The van der Waals surface area contributed by atoms with Crippen molar-refractivity contribution in [3.8, 4) is 5.75 Å². The molecule has 90 valence electrons. The second-order valence-corrected chi connectivity index (χ2v) is 4.18. The highest BCUT2D eigenvalue weighted by Crippen LogP contribution is 2.19.